The van der Waals surface area contributed by atoms with E-state index in [1.165, 1.54) is 9.21 Å². The van der Waals surface area contributed by atoms with Gasteiger partial charge in [-0.1, -0.05) is 29.3 Å². The number of hydrogen-bond donors (Lipinski definition) is 1. The highest BCUT2D eigenvalue weighted by Crippen LogP contribution is 2.25. The fourth-order valence-electron chi connectivity index (χ4n) is 3.62. The van der Waals surface area contributed by atoms with Gasteiger partial charge >= 0.3 is 0 Å². The first-order chi connectivity index (χ1) is 17.0. The topological polar surface area (TPSA) is 96.0 Å². The number of carbonyl (C=O) groups is 2. The normalized spacial score (nSPS) is 12.1. The molecule has 8 nitrogen and oxygen atoms in total. The number of anilines is 1. The minimum absolute atomic E-state index is 0.0397. The summed E-state index contributed by atoms with van der Waals surface area (Å²) in [6.45, 7) is 6.46. The second kappa shape index (κ2) is 13.7. The number of nitrogens with zero attached hydrogens (tertiary/aromatic N) is 2. The predicted molar refractivity (Wildman–Crippen MR) is 144 cm³/mol. The van der Waals surface area contributed by atoms with Crippen LogP contribution in [0.1, 0.15) is 39.2 Å². The maximum Gasteiger partial charge on any atom is 0.242 e. The van der Waals surface area contributed by atoms with Crippen molar-refractivity contribution in [2.24, 2.45) is 0 Å². The molecule has 0 aliphatic carbocycles. The van der Waals surface area contributed by atoms with Crippen molar-refractivity contribution in [1.29, 1.82) is 0 Å². The van der Waals surface area contributed by atoms with Crippen LogP contribution in [0.15, 0.2) is 42.5 Å². The smallest absolute Gasteiger partial charge is 0.242 e. The molecule has 0 saturated heterocycles. The van der Waals surface area contributed by atoms with Crippen molar-refractivity contribution in [1.82, 2.24) is 10.2 Å². The van der Waals surface area contributed by atoms with Gasteiger partial charge in [-0.05, 0) is 69.2 Å². The molecule has 0 heterocycles. The van der Waals surface area contributed by atoms with Crippen molar-refractivity contribution in [2.45, 2.75) is 46.2 Å². The van der Waals surface area contributed by atoms with E-state index in [1.807, 2.05) is 6.92 Å². The van der Waals surface area contributed by atoms with Crippen LogP contribution in [0.4, 0.5) is 5.69 Å². The van der Waals surface area contributed by atoms with E-state index in [2.05, 4.69) is 5.32 Å². The molecule has 2 aromatic carbocycles. The Balaban J connectivity index is 2.17. The molecule has 0 aliphatic rings. The average Bonchev–Trinajstić information content (AvgIpc) is 2.81. The lowest BCUT2D eigenvalue weighted by Crippen LogP contribution is -2.47. The van der Waals surface area contributed by atoms with E-state index >= 15 is 0 Å². The standard InChI is InChI=1S/C25H33Cl2N3O5S/c1-5-28-25(32)18(3)29(17-19-9-10-20(26)16-23(19)27)24(31)8-7-15-30(36(4,33)34)21-11-13-22(14-12-21)35-6-2/h9-14,16,18H,5-8,15,17H2,1-4H3,(H,28,32). The third kappa shape index (κ3) is 8.57. The molecule has 0 bridgehead atoms. The molecule has 0 aromatic heterocycles. The first-order valence-electron chi connectivity index (χ1n) is 11.7. The highest BCUT2D eigenvalue weighted by Gasteiger charge is 2.27. The van der Waals surface area contributed by atoms with Crippen LogP contribution in [0, 0.1) is 0 Å². The molecule has 0 radical (unpaired) electrons. The van der Waals surface area contributed by atoms with Gasteiger partial charge in [0.05, 0.1) is 18.6 Å². The zero-order valence-corrected chi connectivity index (χ0v) is 23.3. The Bertz CT molecular complexity index is 1140. The third-order valence-corrected chi connectivity index (χ3v) is 7.24. The lowest BCUT2D eigenvalue weighted by Gasteiger charge is -2.29. The van der Waals surface area contributed by atoms with Gasteiger partial charge in [0.25, 0.3) is 0 Å². The summed E-state index contributed by atoms with van der Waals surface area (Å²) < 4.78 is 31.6. The summed E-state index contributed by atoms with van der Waals surface area (Å²) >= 11 is 12.3. The molecule has 1 unspecified atom stereocenters. The Morgan fingerprint density at radius 3 is 2.31 bits per heavy atom. The van der Waals surface area contributed by atoms with E-state index in [4.69, 9.17) is 27.9 Å². The molecule has 198 valence electrons. The van der Waals surface area contributed by atoms with Crippen LogP contribution in [0.3, 0.4) is 0 Å². The summed E-state index contributed by atoms with van der Waals surface area (Å²) in [7, 11) is -3.58. The van der Waals surface area contributed by atoms with Crippen LogP contribution in [-0.2, 0) is 26.2 Å². The van der Waals surface area contributed by atoms with Gasteiger partial charge in [0, 0.05) is 36.1 Å². The minimum atomic E-state index is -3.58. The molecule has 0 spiro atoms. The number of amides is 2. The number of hydrogen-bond acceptors (Lipinski definition) is 5. The van der Waals surface area contributed by atoms with E-state index in [0.29, 0.717) is 40.2 Å². The van der Waals surface area contributed by atoms with Crippen LogP contribution in [-0.4, -0.2) is 57.1 Å². The van der Waals surface area contributed by atoms with E-state index < -0.39 is 16.1 Å². The van der Waals surface area contributed by atoms with Gasteiger partial charge in [-0.2, -0.15) is 0 Å². The summed E-state index contributed by atoms with van der Waals surface area (Å²) in [5, 5.41) is 3.59. The van der Waals surface area contributed by atoms with Crippen molar-refractivity contribution >= 4 is 50.7 Å². The monoisotopic (exact) mass is 557 g/mol. The van der Waals surface area contributed by atoms with Crippen LogP contribution in [0.2, 0.25) is 10.0 Å². The van der Waals surface area contributed by atoms with Gasteiger partial charge in [0.1, 0.15) is 11.8 Å². The Morgan fingerprint density at radius 1 is 1.08 bits per heavy atom. The van der Waals surface area contributed by atoms with Gasteiger partial charge in [-0.3, -0.25) is 13.9 Å². The van der Waals surface area contributed by atoms with Gasteiger partial charge < -0.3 is 15.0 Å². The summed E-state index contributed by atoms with van der Waals surface area (Å²) in [6, 6.07) is 11.0. The van der Waals surface area contributed by atoms with Gasteiger partial charge in [0.2, 0.25) is 21.8 Å². The fourth-order valence-corrected chi connectivity index (χ4v) is 5.05. The van der Waals surface area contributed by atoms with Crippen LogP contribution in [0.25, 0.3) is 0 Å². The highest BCUT2D eigenvalue weighted by molar-refractivity contribution is 7.92. The number of halogens is 2. The van der Waals surface area contributed by atoms with E-state index in [9.17, 15) is 18.0 Å². The van der Waals surface area contributed by atoms with Crippen molar-refractivity contribution in [3.8, 4) is 5.75 Å². The van der Waals surface area contributed by atoms with Crippen LogP contribution in [0.5, 0.6) is 5.75 Å². The highest BCUT2D eigenvalue weighted by atomic mass is 35.5. The molecular weight excluding hydrogens is 525 g/mol. The Morgan fingerprint density at radius 2 is 1.75 bits per heavy atom. The Labute approximate surface area is 223 Å². The Hall–Kier alpha value is -2.49. The van der Waals surface area contributed by atoms with E-state index in [-0.39, 0.29) is 37.7 Å². The number of sulfonamides is 1. The quantitative estimate of drug-likeness (QED) is 0.391. The lowest BCUT2D eigenvalue weighted by molar-refractivity contribution is -0.140. The number of carbonyl (C=O) groups excluding carboxylic acids is 2. The molecule has 1 N–H and O–H groups in total. The van der Waals surface area contributed by atoms with E-state index in [1.54, 1.807) is 56.3 Å². The summed E-state index contributed by atoms with van der Waals surface area (Å²) in [5.74, 6) is 0.0590. The molecule has 1 atom stereocenters. The zero-order chi connectivity index (χ0) is 26.9. The van der Waals surface area contributed by atoms with Gasteiger partial charge in [-0.25, -0.2) is 8.42 Å². The summed E-state index contributed by atoms with van der Waals surface area (Å²) in [6.07, 6.45) is 1.42. The molecule has 2 rings (SSSR count). The fraction of sp³-hybridized carbons (Fsp3) is 0.440. The summed E-state index contributed by atoms with van der Waals surface area (Å²) in [4.78, 5) is 27.2. The SMILES string of the molecule is CCNC(=O)C(C)N(Cc1ccc(Cl)cc1Cl)C(=O)CCCN(c1ccc(OCC)cc1)S(C)(=O)=O. The number of rotatable bonds is 13. The average molecular weight is 559 g/mol. The largest absolute Gasteiger partial charge is 0.494 e. The predicted octanol–water partition coefficient (Wildman–Crippen LogP) is 4.49. The zero-order valence-electron chi connectivity index (χ0n) is 21.0. The van der Waals surface area contributed by atoms with Crippen molar-refractivity contribution in [3.05, 3.63) is 58.1 Å². The molecule has 0 fully saturated rings. The van der Waals surface area contributed by atoms with Crippen molar-refractivity contribution < 1.29 is 22.7 Å². The number of benzene rings is 2. The molecule has 11 heteroatoms. The molecule has 0 saturated carbocycles. The van der Waals surface area contributed by atoms with E-state index in [0.717, 1.165) is 6.26 Å². The number of likely N-dealkylation sites (N-methyl/N-ethyl adjacent to an activating group) is 1. The maximum absolute atomic E-state index is 13.3. The molecular formula is C25H33Cl2N3O5S. The first kappa shape index (κ1) is 29.7. The lowest BCUT2D eigenvalue weighted by atomic mass is 10.1. The summed E-state index contributed by atoms with van der Waals surface area (Å²) in [5.41, 5.74) is 1.13. The van der Waals surface area contributed by atoms with Crippen molar-refractivity contribution in [2.75, 3.05) is 30.3 Å². The molecule has 2 aromatic rings. The van der Waals surface area contributed by atoms with Crippen LogP contribution >= 0.6 is 23.2 Å². The number of nitrogens with one attached hydrogen (secondary N) is 1. The molecule has 2 amide bonds. The van der Waals surface area contributed by atoms with Crippen molar-refractivity contribution in [3.63, 3.8) is 0 Å². The number of ether oxygens (including phenoxy) is 1. The van der Waals surface area contributed by atoms with Gasteiger partial charge in [0.15, 0.2) is 0 Å². The molecule has 0 aliphatic heterocycles. The third-order valence-electron chi connectivity index (χ3n) is 5.46. The second-order valence-corrected chi connectivity index (χ2v) is 10.9. The van der Waals surface area contributed by atoms with Gasteiger partial charge in [-0.15, -0.1) is 0 Å². The minimum Gasteiger partial charge on any atom is -0.494 e. The first-order valence-corrected chi connectivity index (χ1v) is 14.3. The van der Waals surface area contributed by atoms with Crippen LogP contribution < -0.4 is 14.4 Å². The Kier molecular flexibility index (Phi) is 11.3. The maximum atomic E-state index is 13.3. The molecule has 36 heavy (non-hydrogen) atoms. The second-order valence-electron chi connectivity index (χ2n) is 8.19.